The Morgan fingerprint density at radius 1 is 1.29 bits per heavy atom. The molecule has 0 radical (unpaired) electrons. The summed E-state index contributed by atoms with van der Waals surface area (Å²) < 4.78 is 1.35. The fraction of sp³-hybridized carbons (Fsp3) is 0.364. The third-order valence-corrected chi connectivity index (χ3v) is 4.63. The molecule has 0 saturated carbocycles. The molecule has 1 fully saturated rings. The second-order valence-electron chi connectivity index (χ2n) is 3.88. The summed E-state index contributed by atoms with van der Waals surface area (Å²) in [6.07, 6.45) is 2.17. The van der Waals surface area contributed by atoms with Gasteiger partial charge in [0.05, 0.1) is 10.7 Å². The molecule has 2 rings (SSSR count). The lowest BCUT2D eigenvalue weighted by Gasteiger charge is -2.22. The van der Waals surface area contributed by atoms with E-state index in [2.05, 4.69) is 36.8 Å². The lowest BCUT2D eigenvalue weighted by Crippen LogP contribution is -2.21. The Bertz CT molecular complexity index is 473. The molecule has 0 spiro atoms. The maximum atomic E-state index is 11.4. The van der Waals surface area contributed by atoms with Gasteiger partial charge < -0.3 is 10.0 Å². The lowest BCUT2D eigenvalue weighted by molar-refractivity contribution is 0.0697. The topological polar surface area (TPSA) is 40.5 Å². The van der Waals surface area contributed by atoms with Gasteiger partial charge in [-0.1, -0.05) is 11.6 Å². The molecule has 1 aliphatic rings. The summed E-state index contributed by atoms with van der Waals surface area (Å²) in [5, 5.41) is 9.56. The average molecular weight is 383 g/mol. The number of carboxylic acids is 1. The molecule has 3 nitrogen and oxygen atoms in total. The van der Waals surface area contributed by atoms with Crippen molar-refractivity contribution in [1.82, 2.24) is 0 Å². The van der Waals surface area contributed by atoms with Crippen molar-refractivity contribution >= 4 is 55.1 Å². The number of rotatable bonds is 2. The summed E-state index contributed by atoms with van der Waals surface area (Å²) in [6, 6.07) is 1.79. The highest BCUT2D eigenvalue weighted by molar-refractivity contribution is 9.11. The molecule has 1 N–H and O–H groups in total. The normalized spacial score (nSPS) is 15.4. The minimum absolute atomic E-state index is 0.162. The van der Waals surface area contributed by atoms with Crippen LogP contribution in [-0.2, 0) is 0 Å². The van der Waals surface area contributed by atoms with Crippen LogP contribution >= 0.6 is 43.5 Å². The first kappa shape index (κ1) is 13.2. The lowest BCUT2D eigenvalue weighted by atomic mass is 10.1. The van der Waals surface area contributed by atoms with E-state index in [0.29, 0.717) is 10.2 Å². The van der Waals surface area contributed by atoms with Gasteiger partial charge in [-0.05, 0) is 50.8 Å². The van der Waals surface area contributed by atoms with Crippen molar-refractivity contribution in [2.45, 2.75) is 12.8 Å². The number of carboxylic acid groups (broad SMARTS) is 1. The van der Waals surface area contributed by atoms with E-state index in [1.807, 2.05) is 0 Å². The maximum absolute atomic E-state index is 11.4. The highest BCUT2D eigenvalue weighted by Crippen LogP contribution is 2.40. The van der Waals surface area contributed by atoms with Crippen LogP contribution in [0.25, 0.3) is 0 Å². The summed E-state index contributed by atoms with van der Waals surface area (Å²) in [6.45, 7) is 1.74. The predicted octanol–water partition coefficient (Wildman–Crippen LogP) is 4.16. The van der Waals surface area contributed by atoms with Crippen molar-refractivity contribution < 1.29 is 9.90 Å². The van der Waals surface area contributed by atoms with Crippen LogP contribution < -0.4 is 4.90 Å². The van der Waals surface area contributed by atoms with Gasteiger partial charge in [0.25, 0.3) is 0 Å². The summed E-state index contributed by atoms with van der Waals surface area (Å²) in [5.41, 5.74) is 0.845. The van der Waals surface area contributed by atoms with E-state index in [4.69, 9.17) is 11.6 Å². The maximum Gasteiger partial charge on any atom is 0.339 e. The van der Waals surface area contributed by atoms with E-state index >= 15 is 0 Å². The zero-order valence-electron chi connectivity index (χ0n) is 8.84. The molecule has 1 aromatic rings. The largest absolute Gasteiger partial charge is 0.478 e. The number of carbonyl (C=O) groups is 1. The molecule has 17 heavy (non-hydrogen) atoms. The SMILES string of the molecule is O=C(O)c1c(Cl)c(Br)cc(Br)c1N1CCCC1. The van der Waals surface area contributed by atoms with Gasteiger partial charge in [-0.2, -0.15) is 0 Å². The van der Waals surface area contributed by atoms with Crippen LogP contribution in [0.15, 0.2) is 15.0 Å². The van der Waals surface area contributed by atoms with Crippen LogP contribution in [-0.4, -0.2) is 24.2 Å². The van der Waals surface area contributed by atoms with Gasteiger partial charge in [-0.25, -0.2) is 4.79 Å². The van der Waals surface area contributed by atoms with E-state index < -0.39 is 5.97 Å². The molecule has 0 aliphatic carbocycles. The van der Waals surface area contributed by atoms with Crippen LogP contribution in [0, 0.1) is 0 Å². The molecule has 1 heterocycles. The smallest absolute Gasteiger partial charge is 0.339 e. The van der Waals surface area contributed by atoms with Gasteiger partial charge in [0.2, 0.25) is 0 Å². The van der Waals surface area contributed by atoms with Gasteiger partial charge >= 0.3 is 5.97 Å². The average Bonchev–Trinajstić information content (AvgIpc) is 2.75. The minimum Gasteiger partial charge on any atom is -0.478 e. The molecule has 6 heteroatoms. The third kappa shape index (κ3) is 2.46. The third-order valence-electron chi connectivity index (χ3n) is 2.78. The quantitative estimate of drug-likeness (QED) is 0.780. The second-order valence-corrected chi connectivity index (χ2v) is 5.96. The summed E-state index contributed by atoms with van der Waals surface area (Å²) in [5.74, 6) is -1.00. The zero-order valence-corrected chi connectivity index (χ0v) is 12.8. The molecule has 1 aromatic carbocycles. The van der Waals surface area contributed by atoms with E-state index in [1.165, 1.54) is 0 Å². The molecule has 92 valence electrons. The van der Waals surface area contributed by atoms with Crippen LogP contribution in [0.1, 0.15) is 23.2 Å². The standard InChI is InChI=1S/C11H10Br2ClNO2/c12-6-5-7(13)10(15-3-1-2-4-15)8(9(6)14)11(16)17/h5H,1-4H2,(H,16,17). The van der Waals surface area contributed by atoms with Crippen molar-refractivity contribution in [2.24, 2.45) is 0 Å². The second kappa shape index (κ2) is 5.16. The van der Waals surface area contributed by atoms with Crippen LogP contribution in [0.3, 0.4) is 0 Å². The first-order valence-corrected chi connectivity index (χ1v) is 7.14. The van der Waals surface area contributed by atoms with Crippen molar-refractivity contribution in [3.63, 3.8) is 0 Å². The highest BCUT2D eigenvalue weighted by atomic mass is 79.9. The molecule has 0 atom stereocenters. The fourth-order valence-corrected chi connectivity index (χ4v) is 3.67. The summed E-state index contributed by atoms with van der Waals surface area (Å²) in [4.78, 5) is 13.4. The first-order chi connectivity index (χ1) is 8.02. The number of benzene rings is 1. The van der Waals surface area contributed by atoms with E-state index in [9.17, 15) is 9.90 Å². The molecular weight excluding hydrogens is 373 g/mol. The molecule has 0 amide bonds. The Kier molecular flexibility index (Phi) is 4.00. The van der Waals surface area contributed by atoms with Gasteiger partial charge in [-0.15, -0.1) is 0 Å². The number of halogens is 3. The van der Waals surface area contributed by atoms with Gasteiger partial charge in [0.15, 0.2) is 0 Å². The molecule has 0 unspecified atom stereocenters. The Balaban J connectivity index is 2.62. The molecule has 1 aliphatic heterocycles. The molecule has 0 bridgehead atoms. The zero-order chi connectivity index (χ0) is 12.6. The van der Waals surface area contributed by atoms with Gasteiger partial charge in [0.1, 0.15) is 5.56 Å². The van der Waals surface area contributed by atoms with Crippen molar-refractivity contribution in [3.05, 3.63) is 25.6 Å². The highest BCUT2D eigenvalue weighted by Gasteiger charge is 2.25. The van der Waals surface area contributed by atoms with Crippen LogP contribution in [0.2, 0.25) is 5.02 Å². The van der Waals surface area contributed by atoms with Crippen molar-refractivity contribution in [1.29, 1.82) is 0 Å². The van der Waals surface area contributed by atoms with Gasteiger partial charge in [0, 0.05) is 22.0 Å². The first-order valence-electron chi connectivity index (χ1n) is 5.18. The molecular formula is C11H10Br2ClNO2. The fourth-order valence-electron chi connectivity index (χ4n) is 2.03. The summed E-state index contributed by atoms with van der Waals surface area (Å²) >= 11 is 12.7. The number of hydrogen-bond donors (Lipinski definition) is 1. The number of aromatic carboxylic acids is 1. The predicted molar refractivity (Wildman–Crippen MR) is 75.3 cm³/mol. The monoisotopic (exact) mass is 381 g/mol. The summed E-state index contributed by atoms with van der Waals surface area (Å²) in [7, 11) is 0. The Labute approximate surface area is 121 Å². The number of anilines is 1. The van der Waals surface area contributed by atoms with Crippen LogP contribution in [0.4, 0.5) is 5.69 Å². The number of nitrogens with zero attached hydrogens (tertiary/aromatic N) is 1. The molecule has 1 saturated heterocycles. The number of hydrogen-bond acceptors (Lipinski definition) is 2. The van der Waals surface area contributed by atoms with E-state index in [1.54, 1.807) is 6.07 Å². The van der Waals surface area contributed by atoms with Crippen LogP contribution in [0.5, 0.6) is 0 Å². The van der Waals surface area contributed by atoms with Gasteiger partial charge in [-0.3, -0.25) is 0 Å². The van der Waals surface area contributed by atoms with E-state index in [0.717, 1.165) is 30.4 Å². The van der Waals surface area contributed by atoms with Crippen molar-refractivity contribution in [2.75, 3.05) is 18.0 Å². The Hall–Kier alpha value is -0.260. The van der Waals surface area contributed by atoms with E-state index in [-0.39, 0.29) is 10.6 Å². The Morgan fingerprint density at radius 3 is 2.41 bits per heavy atom. The minimum atomic E-state index is -1.00. The van der Waals surface area contributed by atoms with Crippen molar-refractivity contribution in [3.8, 4) is 0 Å². The molecule has 0 aromatic heterocycles. The Morgan fingerprint density at radius 2 is 1.88 bits per heavy atom.